The van der Waals surface area contributed by atoms with Crippen molar-refractivity contribution in [2.45, 2.75) is 147 Å². The maximum absolute atomic E-state index is 14.0. The smallest absolute Gasteiger partial charge is 0.253 e. The fraction of sp³-hybridized carbons (Fsp3) is 0.659. The van der Waals surface area contributed by atoms with Crippen LogP contribution in [0.15, 0.2) is 36.7 Å². The second-order valence-electron chi connectivity index (χ2n) is 14.2. The van der Waals surface area contributed by atoms with E-state index >= 15 is 0 Å². The summed E-state index contributed by atoms with van der Waals surface area (Å²) < 4.78 is 39.8. The topological polar surface area (TPSA) is 173 Å². The van der Waals surface area contributed by atoms with Crippen LogP contribution in [0, 0.1) is 29.0 Å². The molecule has 0 amide bonds. The summed E-state index contributed by atoms with van der Waals surface area (Å²) in [7, 11) is -1.95. The Bertz CT molecular complexity index is 1540. The van der Waals surface area contributed by atoms with Crippen molar-refractivity contribution >= 4 is 19.9 Å². The number of nitrogen functional groups attached to an aromatic ring is 1. The first-order valence-electron chi connectivity index (χ1n) is 20.2. The van der Waals surface area contributed by atoms with Gasteiger partial charge in [0.25, 0.3) is 8.53 Å². The first-order chi connectivity index (χ1) is 27.0. The summed E-state index contributed by atoms with van der Waals surface area (Å²) in [5.74, 6) is -0.0693. The molecule has 4 unspecified atom stereocenters. The van der Waals surface area contributed by atoms with E-state index in [1.165, 1.54) is 108 Å². The molecule has 0 aliphatic carbocycles. The monoisotopic (exact) mass is 783 g/mol. The van der Waals surface area contributed by atoms with Crippen LogP contribution in [0.1, 0.15) is 145 Å². The summed E-state index contributed by atoms with van der Waals surface area (Å²) in [6.07, 6.45) is 23.3. The number of nitrogens with one attached hydrogen (secondary N) is 1. The number of hydrogen-bond acceptors (Lipinski definition) is 11. The van der Waals surface area contributed by atoms with Gasteiger partial charge >= 0.3 is 0 Å². The van der Waals surface area contributed by atoms with Crippen molar-refractivity contribution in [1.29, 1.82) is 10.5 Å². The minimum Gasteiger partial charge on any atom is -0.382 e. The lowest BCUT2D eigenvalue weighted by molar-refractivity contribution is -0.0229. The molecule has 1 aromatic carbocycles. The third kappa shape index (κ3) is 18.0. The zero-order valence-corrected chi connectivity index (χ0v) is 33.7. The highest BCUT2D eigenvalue weighted by molar-refractivity contribution is 7.43. The van der Waals surface area contributed by atoms with Crippen LogP contribution in [0.25, 0.3) is 5.52 Å². The first kappa shape index (κ1) is 46.1. The van der Waals surface area contributed by atoms with Gasteiger partial charge in [0.15, 0.2) is 5.82 Å². The third-order valence-corrected chi connectivity index (χ3v) is 10.7. The summed E-state index contributed by atoms with van der Waals surface area (Å²) in [5, 5.41) is 23.1. The SMILES string of the molecule is C#N.CCCCCCCCCCCCCCCCCCOCC(CNP(O)OCC1CCC(c2ccc3c(N)ncnn23)O1)OCc1cc(F)cc(C#N)c1. The molecule has 55 heavy (non-hydrogen) atoms. The van der Waals surface area contributed by atoms with Crippen LogP contribution in [-0.4, -0.2) is 58.1 Å². The average Bonchev–Trinajstić information content (AvgIpc) is 3.86. The number of anilines is 1. The number of rotatable bonds is 29. The summed E-state index contributed by atoms with van der Waals surface area (Å²) in [4.78, 5) is 14.7. The maximum Gasteiger partial charge on any atom is 0.253 e. The van der Waals surface area contributed by atoms with Crippen molar-refractivity contribution in [2.24, 2.45) is 0 Å². The molecule has 4 rings (SSSR count). The second kappa shape index (κ2) is 28.2. The summed E-state index contributed by atoms with van der Waals surface area (Å²) in [6.45, 7) is 7.31. The molecule has 1 fully saturated rings. The minimum absolute atomic E-state index is 0.105. The first-order valence-corrected chi connectivity index (χ1v) is 21.4. The fourth-order valence-electron chi connectivity index (χ4n) is 6.79. The lowest BCUT2D eigenvalue weighted by atomic mass is 10.0. The number of unbranched alkanes of at least 4 members (excludes halogenated alkanes) is 15. The van der Waals surface area contributed by atoms with E-state index in [2.05, 4.69) is 28.7 Å². The molecule has 304 valence electrons. The number of nitrogens with zero attached hydrogens (tertiary/aromatic N) is 5. The quantitative estimate of drug-likeness (QED) is 0.0452. The molecule has 4 N–H and O–H groups in total. The van der Waals surface area contributed by atoms with Crippen molar-refractivity contribution in [2.75, 3.05) is 32.1 Å². The molecule has 1 aliphatic rings. The molecular formula is C41H63FN7O5P. The lowest BCUT2D eigenvalue weighted by Crippen LogP contribution is -2.31. The van der Waals surface area contributed by atoms with Gasteiger partial charge in [0.1, 0.15) is 23.8 Å². The molecule has 12 nitrogen and oxygen atoms in total. The largest absolute Gasteiger partial charge is 0.382 e. The van der Waals surface area contributed by atoms with Crippen molar-refractivity contribution < 1.29 is 28.0 Å². The number of hydrogen-bond donors (Lipinski definition) is 3. The molecule has 2 aromatic heterocycles. The molecule has 1 saturated heterocycles. The van der Waals surface area contributed by atoms with Gasteiger partial charge in [0.05, 0.1) is 49.4 Å². The summed E-state index contributed by atoms with van der Waals surface area (Å²) >= 11 is 0. The number of nitrogens with two attached hydrogens (primary N) is 1. The fourth-order valence-corrected chi connectivity index (χ4v) is 7.55. The molecule has 14 heteroatoms. The van der Waals surface area contributed by atoms with E-state index in [-0.39, 0.29) is 37.5 Å². The third-order valence-electron chi connectivity index (χ3n) is 9.80. The van der Waals surface area contributed by atoms with Gasteiger partial charge in [-0.15, -0.1) is 0 Å². The van der Waals surface area contributed by atoms with Crippen LogP contribution in [0.5, 0.6) is 0 Å². The Kier molecular flexibility index (Phi) is 23.6. The Labute approximate surface area is 328 Å². The van der Waals surface area contributed by atoms with E-state index in [1.54, 1.807) is 10.6 Å². The molecule has 3 heterocycles. The zero-order chi connectivity index (χ0) is 39.5. The highest BCUT2D eigenvalue weighted by Gasteiger charge is 2.30. The molecule has 0 radical (unpaired) electrons. The van der Waals surface area contributed by atoms with E-state index in [4.69, 9.17) is 29.7 Å². The van der Waals surface area contributed by atoms with E-state index in [9.17, 15) is 14.5 Å². The van der Waals surface area contributed by atoms with Crippen molar-refractivity contribution in [1.82, 2.24) is 19.7 Å². The zero-order valence-electron chi connectivity index (χ0n) is 32.8. The molecule has 3 aromatic rings. The number of fused-ring (bicyclic) bond motifs is 1. The highest BCUT2D eigenvalue weighted by Crippen LogP contribution is 2.36. The van der Waals surface area contributed by atoms with Crippen LogP contribution in [0.3, 0.4) is 0 Å². The van der Waals surface area contributed by atoms with Crippen LogP contribution in [0.4, 0.5) is 10.2 Å². The van der Waals surface area contributed by atoms with Crippen LogP contribution in [-0.2, 0) is 25.3 Å². The Balaban J connectivity index is 0.00000399. The minimum atomic E-state index is -1.95. The van der Waals surface area contributed by atoms with E-state index in [0.29, 0.717) is 24.6 Å². The van der Waals surface area contributed by atoms with Crippen molar-refractivity contribution in [3.8, 4) is 12.6 Å². The summed E-state index contributed by atoms with van der Waals surface area (Å²) in [6, 6.07) is 9.98. The molecular weight excluding hydrogens is 720 g/mol. The number of ether oxygens (including phenoxy) is 3. The van der Waals surface area contributed by atoms with Crippen molar-refractivity contribution in [3.05, 3.63) is 59.3 Å². The normalized spacial score (nSPS) is 16.4. The standard InChI is InChI=1S/C40H62FN6O5P.CHN/c1-2-3-4-5-6-7-8-9-10-11-12-13-14-15-16-17-22-49-29-36(50-28-33-23-32(26-42)24-34(41)25-33)27-46-53(48)51-30-35-18-21-39(52-35)37-19-20-38-40(43)44-31-45-47(37)38;1-2/h19-20,23-25,31,35-36,39,46,48H,2-18,21-22,27-30H2,1H3,(H2,43,44,45);1H. The van der Waals surface area contributed by atoms with Gasteiger partial charge in [-0.25, -0.2) is 24.2 Å². The number of nitriles is 2. The van der Waals surface area contributed by atoms with Gasteiger partial charge in [-0.05, 0) is 55.2 Å². The number of benzene rings is 1. The molecule has 0 saturated carbocycles. The van der Waals surface area contributed by atoms with Crippen LogP contribution >= 0.6 is 8.53 Å². The van der Waals surface area contributed by atoms with Crippen molar-refractivity contribution in [3.63, 3.8) is 0 Å². The predicted molar refractivity (Wildman–Crippen MR) is 214 cm³/mol. The summed E-state index contributed by atoms with van der Waals surface area (Å²) in [5.41, 5.74) is 8.42. The highest BCUT2D eigenvalue weighted by atomic mass is 31.2. The predicted octanol–water partition coefficient (Wildman–Crippen LogP) is 9.37. The molecule has 0 spiro atoms. The van der Waals surface area contributed by atoms with Crippen LogP contribution in [0.2, 0.25) is 0 Å². The molecule has 0 bridgehead atoms. The lowest BCUT2D eigenvalue weighted by Gasteiger charge is -2.21. The Morgan fingerprint density at radius 3 is 2.31 bits per heavy atom. The Morgan fingerprint density at radius 1 is 1.00 bits per heavy atom. The van der Waals surface area contributed by atoms with Gasteiger partial charge in [0.2, 0.25) is 0 Å². The van der Waals surface area contributed by atoms with E-state index in [0.717, 1.165) is 36.9 Å². The van der Waals surface area contributed by atoms with E-state index < -0.39 is 20.4 Å². The van der Waals surface area contributed by atoms with E-state index in [1.807, 2.05) is 18.2 Å². The van der Waals surface area contributed by atoms with Gasteiger partial charge < -0.3 is 29.4 Å². The second-order valence-corrected chi connectivity index (χ2v) is 15.3. The Morgan fingerprint density at radius 2 is 1.65 bits per heavy atom. The Hall–Kier alpha value is -3.26. The maximum atomic E-state index is 14.0. The van der Waals surface area contributed by atoms with Gasteiger partial charge in [-0.3, -0.25) is 0 Å². The van der Waals surface area contributed by atoms with Crippen LogP contribution < -0.4 is 10.8 Å². The molecule has 4 atom stereocenters. The average molecular weight is 784 g/mol. The number of aromatic nitrogens is 3. The molecule has 1 aliphatic heterocycles. The number of halogens is 1. The van der Waals surface area contributed by atoms with Gasteiger partial charge in [-0.1, -0.05) is 103 Å². The van der Waals surface area contributed by atoms with Gasteiger partial charge in [0, 0.05) is 19.7 Å². The van der Waals surface area contributed by atoms with Gasteiger partial charge in [-0.2, -0.15) is 10.4 Å².